The highest BCUT2D eigenvalue weighted by Gasteiger charge is 2.41. The SMILES string of the molecule is NC1CCC2CN(c3ccc(OC(F)F)cn3)CC12. The van der Waals surface area contributed by atoms with Crippen molar-refractivity contribution in [2.45, 2.75) is 25.5 Å². The Morgan fingerprint density at radius 2 is 2.16 bits per heavy atom. The van der Waals surface area contributed by atoms with Gasteiger partial charge in [0.05, 0.1) is 6.20 Å². The molecule has 19 heavy (non-hydrogen) atoms. The molecule has 0 radical (unpaired) electrons. The highest BCUT2D eigenvalue weighted by atomic mass is 19.3. The van der Waals surface area contributed by atoms with Crippen LogP contribution in [0.2, 0.25) is 0 Å². The molecule has 2 fully saturated rings. The van der Waals surface area contributed by atoms with Crippen LogP contribution in [-0.4, -0.2) is 30.7 Å². The number of halogens is 2. The predicted molar refractivity (Wildman–Crippen MR) is 67.3 cm³/mol. The van der Waals surface area contributed by atoms with E-state index in [-0.39, 0.29) is 11.8 Å². The average Bonchev–Trinajstić information content (AvgIpc) is 2.92. The van der Waals surface area contributed by atoms with Gasteiger partial charge < -0.3 is 15.4 Å². The Hall–Kier alpha value is -1.43. The summed E-state index contributed by atoms with van der Waals surface area (Å²) in [5, 5.41) is 0. The molecule has 1 aromatic rings. The first-order chi connectivity index (χ1) is 9.13. The van der Waals surface area contributed by atoms with E-state index in [9.17, 15) is 8.78 Å². The van der Waals surface area contributed by atoms with Crippen LogP contribution < -0.4 is 15.4 Å². The molecule has 3 rings (SSSR count). The minimum absolute atomic E-state index is 0.0924. The lowest BCUT2D eigenvalue weighted by Gasteiger charge is -2.19. The maximum Gasteiger partial charge on any atom is 0.387 e. The molecular formula is C13H17F2N3O. The standard InChI is InChI=1S/C13H17F2N3O/c14-13(15)19-9-2-4-12(17-5-9)18-6-8-1-3-11(16)10(8)7-18/h2,4-5,8,10-11,13H,1,3,6-7,16H2. The van der Waals surface area contributed by atoms with Crippen LogP contribution in [0.5, 0.6) is 5.75 Å². The van der Waals surface area contributed by atoms with E-state index in [0.29, 0.717) is 11.8 Å². The summed E-state index contributed by atoms with van der Waals surface area (Å²) < 4.78 is 28.4. The van der Waals surface area contributed by atoms with Gasteiger partial charge in [0.25, 0.3) is 0 Å². The maximum absolute atomic E-state index is 12.0. The third kappa shape index (κ3) is 2.49. The first-order valence-electron chi connectivity index (χ1n) is 6.55. The van der Waals surface area contributed by atoms with Crippen LogP contribution in [-0.2, 0) is 0 Å². The Morgan fingerprint density at radius 1 is 1.32 bits per heavy atom. The number of pyridine rings is 1. The van der Waals surface area contributed by atoms with Crippen LogP contribution in [0.4, 0.5) is 14.6 Å². The first kappa shape index (κ1) is 12.6. The fourth-order valence-corrected chi connectivity index (χ4v) is 3.23. The molecule has 1 aliphatic heterocycles. The van der Waals surface area contributed by atoms with E-state index in [2.05, 4.69) is 14.6 Å². The Kier molecular flexibility index (Phi) is 3.26. The van der Waals surface area contributed by atoms with Crippen LogP contribution in [0.25, 0.3) is 0 Å². The summed E-state index contributed by atoms with van der Waals surface area (Å²) in [5.74, 6) is 2.09. The van der Waals surface area contributed by atoms with Gasteiger partial charge in [-0.1, -0.05) is 0 Å². The molecule has 1 aromatic heterocycles. The molecule has 0 spiro atoms. The molecule has 2 aliphatic rings. The molecule has 0 bridgehead atoms. The Bertz CT molecular complexity index is 440. The van der Waals surface area contributed by atoms with Crippen molar-refractivity contribution in [1.29, 1.82) is 0 Å². The van der Waals surface area contributed by atoms with Gasteiger partial charge >= 0.3 is 6.61 Å². The number of alkyl halides is 2. The molecule has 2 N–H and O–H groups in total. The summed E-state index contributed by atoms with van der Waals surface area (Å²) in [4.78, 5) is 6.37. The summed E-state index contributed by atoms with van der Waals surface area (Å²) >= 11 is 0. The number of ether oxygens (including phenoxy) is 1. The van der Waals surface area contributed by atoms with Crippen molar-refractivity contribution in [3.63, 3.8) is 0 Å². The average molecular weight is 269 g/mol. The van der Waals surface area contributed by atoms with E-state index < -0.39 is 6.61 Å². The van der Waals surface area contributed by atoms with Crippen molar-refractivity contribution in [2.75, 3.05) is 18.0 Å². The minimum Gasteiger partial charge on any atom is -0.433 e. The molecule has 0 amide bonds. The number of fused-ring (bicyclic) bond motifs is 1. The molecule has 104 valence electrons. The van der Waals surface area contributed by atoms with E-state index in [1.807, 2.05) is 0 Å². The van der Waals surface area contributed by atoms with E-state index in [1.54, 1.807) is 6.07 Å². The van der Waals surface area contributed by atoms with Gasteiger partial charge in [0.15, 0.2) is 0 Å². The van der Waals surface area contributed by atoms with Gasteiger partial charge in [-0.05, 0) is 36.8 Å². The topological polar surface area (TPSA) is 51.4 Å². The molecule has 6 heteroatoms. The number of aromatic nitrogens is 1. The Balaban J connectivity index is 1.67. The second kappa shape index (κ2) is 4.92. The van der Waals surface area contributed by atoms with Crippen molar-refractivity contribution in [2.24, 2.45) is 17.6 Å². The minimum atomic E-state index is -2.81. The number of rotatable bonds is 3. The van der Waals surface area contributed by atoms with E-state index in [1.165, 1.54) is 18.7 Å². The van der Waals surface area contributed by atoms with Crippen LogP contribution in [0.1, 0.15) is 12.8 Å². The zero-order valence-corrected chi connectivity index (χ0v) is 10.5. The van der Waals surface area contributed by atoms with Gasteiger partial charge in [0.2, 0.25) is 0 Å². The lowest BCUT2D eigenvalue weighted by atomic mass is 9.98. The normalized spacial score (nSPS) is 29.9. The number of hydrogen-bond acceptors (Lipinski definition) is 4. The van der Waals surface area contributed by atoms with Crippen molar-refractivity contribution in [1.82, 2.24) is 4.98 Å². The third-order valence-corrected chi connectivity index (χ3v) is 4.18. The maximum atomic E-state index is 12.0. The fourth-order valence-electron chi connectivity index (χ4n) is 3.23. The van der Waals surface area contributed by atoms with Gasteiger partial charge in [0.1, 0.15) is 11.6 Å². The van der Waals surface area contributed by atoms with Crippen LogP contribution in [0.15, 0.2) is 18.3 Å². The quantitative estimate of drug-likeness (QED) is 0.910. The largest absolute Gasteiger partial charge is 0.433 e. The van der Waals surface area contributed by atoms with Gasteiger partial charge in [-0.15, -0.1) is 0 Å². The molecule has 4 nitrogen and oxygen atoms in total. The number of nitrogens with zero attached hydrogens (tertiary/aromatic N) is 2. The highest BCUT2D eigenvalue weighted by Crippen LogP contribution is 2.38. The first-order valence-corrected chi connectivity index (χ1v) is 6.55. The van der Waals surface area contributed by atoms with Gasteiger partial charge in [-0.25, -0.2) is 4.98 Å². The molecular weight excluding hydrogens is 252 g/mol. The molecule has 2 heterocycles. The summed E-state index contributed by atoms with van der Waals surface area (Å²) in [6.45, 7) is -0.939. The smallest absolute Gasteiger partial charge is 0.387 e. The van der Waals surface area contributed by atoms with Gasteiger partial charge in [0, 0.05) is 19.1 Å². The van der Waals surface area contributed by atoms with Gasteiger partial charge in [-0.3, -0.25) is 0 Å². The van der Waals surface area contributed by atoms with Crippen molar-refractivity contribution >= 4 is 5.82 Å². The summed E-state index contributed by atoms with van der Waals surface area (Å²) in [6.07, 6.45) is 3.63. The number of nitrogens with two attached hydrogens (primary N) is 1. The zero-order valence-electron chi connectivity index (χ0n) is 10.5. The van der Waals surface area contributed by atoms with E-state index in [4.69, 9.17) is 5.73 Å². The van der Waals surface area contributed by atoms with Crippen LogP contribution in [0, 0.1) is 11.8 Å². The molecule has 1 saturated heterocycles. The molecule has 1 aliphatic carbocycles. The number of anilines is 1. The second-order valence-electron chi connectivity index (χ2n) is 5.30. The zero-order chi connectivity index (χ0) is 13.4. The lowest BCUT2D eigenvalue weighted by molar-refractivity contribution is -0.0500. The van der Waals surface area contributed by atoms with Crippen LogP contribution in [0.3, 0.4) is 0 Å². The monoisotopic (exact) mass is 269 g/mol. The molecule has 0 aromatic carbocycles. The molecule has 3 unspecified atom stereocenters. The molecule has 1 saturated carbocycles. The predicted octanol–water partition coefficient (Wildman–Crippen LogP) is 1.86. The summed E-state index contributed by atoms with van der Waals surface area (Å²) in [6, 6.07) is 3.55. The van der Waals surface area contributed by atoms with E-state index in [0.717, 1.165) is 25.3 Å². The summed E-state index contributed by atoms with van der Waals surface area (Å²) in [5.41, 5.74) is 6.09. The Labute approximate surface area is 110 Å². The summed E-state index contributed by atoms with van der Waals surface area (Å²) in [7, 11) is 0. The van der Waals surface area contributed by atoms with Crippen molar-refractivity contribution < 1.29 is 13.5 Å². The third-order valence-electron chi connectivity index (χ3n) is 4.18. The molecule has 3 atom stereocenters. The van der Waals surface area contributed by atoms with Gasteiger partial charge in [-0.2, -0.15) is 8.78 Å². The lowest BCUT2D eigenvalue weighted by Crippen LogP contribution is -2.30. The fraction of sp³-hybridized carbons (Fsp3) is 0.615. The van der Waals surface area contributed by atoms with Crippen molar-refractivity contribution in [3.8, 4) is 5.75 Å². The highest BCUT2D eigenvalue weighted by molar-refractivity contribution is 5.42. The van der Waals surface area contributed by atoms with Crippen molar-refractivity contribution in [3.05, 3.63) is 18.3 Å². The van der Waals surface area contributed by atoms with Crippen LogP contribution >= 0.6 is 0 Å². The van der Waals surface area contributed by atoms with E-state index >= 15 is 0 Å². The Morgan fingerprint density at radius 3 is 2.79 bits per heavy atom. The number of hydrogen-bond donors (Lipinski definition) is 1. The second-order valence-corrected chi connectivity index (χ2v) is 5.30.